The first-order valence-corrected chi connectivity index (χ1v) is 10.8. The van der Waals surface area contributed by atoms with E-state index in [0.717, 1.165) is 21.3 Å². The summed E-state index contributed by atoms with van der Waals surface area (Å²) < 4.78 is 0.995. The minimum atomic E-state index is -0.770. The quantitative estimate of drug-likeness (QED) is 0.398. The second-order valence-electron chi connectivity index (χ2n) is 6.42. The van der Waals surface area contributed by atoms with Gasteiger partial charge in [-0.3, -0.25) is 4.79 Å². The molecule has 1 aliphatic heterocycles. The van der Waals surface area contributed by atoms with Crippen molar-refractivity contribution in [3.8, 4) is 11.3 Å². The van der Waals surface area contributed by atoms with Crippen molar-refractivity contribution in [2.24, 2.45) is 15.3 Å². The SMILES string of the molecule is CC1=NN(c2nc(-c3ccc(Br)cc3)cs2)C(=O)C1N=Nc1cccc(Cl)c1C. The summed E-state index contributed by atoms with van der Waals surface area (Å²) in [5.41, 5.74) is 3.77. The average molecular weight is 489 g/mol. The number of thiazole rings is 1. The Morgan fingerprint density at radius 1 is 1.17 bits per heavy atom. The number of hydrazone groups is 1. The Labute approximate surface area is 185 Å². The fourth-order valence-electron chi connectivity index (χ4n) is 2.77. The van der Waals surface area contributed by atoms with Crippen molar-refractivity contribution in [2.45, 2.75) is 19.9 Å². The largest absolute Gasteiger partial charge is 0.282 e. The second kappa shape index (κ2) is 8.14. The molecule has 0 bridgehead atoms. The lowest BCUT2D eigenvalue weighted by Crippen LogP contribution is -2.29. The molecule has 2 heterocycles. The van der Waals surface area contributed by atoms with E-state index in [0.29, 0.717) is 21.6 Å². The monoisotopic (exact) mass is 487 g/mol. The lowest BCUT2D eigenvalue weighted by molar-refractivity contribution is -0.117. The van der Waals surface area contributed by atoms with Crippen LogP contribution in [-0.2, 0) is 4.79 Å². The number of anilines is 1. The van der Waals surface area contributed by atoms with Gasteiger partial charge >= 0.3 is 0 Å². The smallest absolute Gasteiger partial charge is 0.269 e. The van der Waals surface area contributed by atoms with Gasteiger partial charge in [-0.1, -0.05) is 45.7 Å². The molecule has 9 heteroatoms. The summed E-state index contributed by atoms with van der Waals surface area (Å²) in [6, 6.07) is 12.5. The van der Waals surface area contributed by atoms with E-state index in [9.17, 15) is 4.79 Å². The van der Waals surface area contributed by atoms with Crippen LogP contribution in [0.25, 0.3) is 11.3 Å². The normalized spacial score (nSPS) is 16.7. The summed E-state index contributed by atoms with van der Waals surface area (Å²) in [6.45, 7) is 3.62. The molecular formula is C20H15BrClN5OS. The highest BCUT2D eigenvalue weighted by Crippen LogP contribution is 2.32. The third-order valence-electron chi connectivity index (χ3n) is 4.43. The lowest BCUT2D eigenvalue weighted by Gasteiger charge is -2.08. The van der Waals surface area contributed by atoms with E-state index in [4.69, 9.17) is 11.6 Å². The molecular weight excluding hydrogens is 474 g/mol. The highest BCUT2D eigenvalue weighted by Gasteiger charge is 2.36. The van der Waals surface area contributed by atoms with Gasteiger partial charge in [0, 0.05) is 20.4 Å². The molecule has 1 aliphatic rings. The number of azo groups is 1. The number of carbonyl (C=O) groups excluding carboxylic acids is 1. The van der Waals surface area contributed by atoms with Crippen LogP contribution < -0.4 is 5.01 Å². The Bertz CT molecular complexity index is 1140. The summed E-state index contributed by atoms with van der Waals surface area (Å²) in [6.07, 6.45) is 0. The first-order valence-electron chi connectivity index (χ1n) is 8.70. The van der Waals surface area contributed by atoms with Gasteiger partial charge < -0.3 is 0 Å². The molecule has 1 atom stereocenters. The van der Waals surface area contributed by atoms with Crippen LogP contribution in [0, 0.1) is 6.92 Å². The van der Waals surface area contributed by atoms with Crippen LogP contribution in [0.15, 0.2) is 67.6 Å². The number of amides is 1. The maximum absolute atomic E-state index is 12.9. The molecule has 146 valence electrons. The van der Waals surface area contributed by atoms with E-state index < -0.39 is 6.04 Å². The van der Waals surface area contributed by atoms with Crippen LogP contribution in [0.2, 0.25) is 5.02 Å². The molecule has 2 aromatic carbocycles. The Balaban J connectivity index is 1.56. The van der Waals surface area contributed by atoms with Crippen molar-refractivity contribution >= 4 is 61.3 Å². The zero-order valence-electron chi connectivity index (χ0n) is 15.5. The predicted octanol–water partition coefficient (Wildman–Crippen LogP) is 6.41. The molecule has 4 rings (SSSR count). The van der Waals surface area contributed by atoms with E-state index in [1.165, 1.54) is 16.3 Å². The number of halogens is 2. The maximum Gasteiger partial charge on any atom is 0.282 e. The standard InChI is InChI=1S/C20H15BrClN5OS/c1-11-15(22)4-3-5-16(11)24-25-18-12(2)26-27(19(18)28)20-23-17(10-29-20)13-6-8-14(21)9-7-13/h3-10,18H,1-2H3. The van der Waals surface area contributed by atoms with Gasteiger partial charge in [-0.25, -0.2) is 4.98 Å². The molecule has 1 aromatic heterocycles. The molecule has 3 aromatic rings. The van der Waals surface area contributed by atoms with Crippen molar-refractivity contribution in [2.75, 3.05) is 5.01 Å². The Hall–Kier alpha value is -2.42. The van der Waals surface area contributed by atoms with Crippen LogP contribution in [0.1, 0.15) is 12.5 Å². The highest BCUT2D eigenvalue weighted by atomic mass is 79.9. The topological polar surface area (TPSA) is 70.3 Å². The van der Waals surface area contributed by atoms with Gasteiger partial charge in [0.2, 0.25) is 5.13 Å². The third-order valence-corrected chi connectivity index (χ3v) is 6.18. The summed E-state index contributed by atoms with van der Waals surface area (Å²) >= 11 is 10.9. The highest BCUT2D eigenvalue weighted by molar-refractivity contribution is 9.10. The van der Waals surface area contributed by atoms with Crippen LogP contribution in [0.5, 0.6) is 0 Å². The van der Waals surface area contributed by atoms with Crippen molar-refractivity contribution < 1.29 is 4.79 Å². The molecule has 1 unspecified atom stereocenters. The number of hydrogen-bond acceptors (Lipinski definition) is 6. The fraction of sp³-hybridized carbons (Fsp3) is 0.150. The van der Waals surface area contributed by atoms with Gasteiger partial charge in [-0.15, -0.1) is 11.3 Å². The minimum Gasteiger partial charge on any atom is -0.269 e. The summed E-state index contributed by atoms with van der Waals surface area (Å²) in [7, 11) is 0. The molecule has 29 heavy (non-hydrogen) atoms. The van der Waals surface area contributed by atoms with E-state index in [2.05, 4.69) is 36.2 Å². The van der Waals surface area contributed by atoms with E-state index in [1.54, 1.807) is 25.1 Å². The van der Waals surface area contributed by atoms with Crippen molar-refractivity contribution in [3.63, 3.8) is 0 Å². The van der Waals surface area contributed by atoms with Crippen LogP contribution in [0.3, 0.4) is 0 Å². The molecule has 0 radical (unpaired) electrons. The van der Waals surface area contributed by atoms with Gasteiger partial charge in [0.05, 0.1) is 17.1 Å². The van der Waals surface area contributed by atoms with E-state index in [-0.39, 0.29) is 5.91 Å². The average Bonchev–Trinajstić information content (AvgIpc) is 3.29. The Morgan fingerprint density at radius 3 is 2.69 bits per heavy atom. The molecule has 0 spiro atoms. The number of benzene rings is 2. The first kappa shape index (κ1) is 19.9. The minimum absolute atomic E-state index is 0.275. The van der Waals surface area contributed by atoms with Crippen LogP contribution in [-0.4, -0.2) is 22.6 Å². The van der Waals surface area contributed by atoms with Crippen LogP contribution in [0.4, 0.5) is 10.8 Å². The van der Waals surface area contributed by atoms with E-state index in [1.807, 2.05) is 36.6 Å². The summed E-state index contributed by atoms with van der Waals surface area (Å²) in [5, 5.41) is 17.1. The number of carbonyl (C=O) groups is 1. The van der Waals surface area contributed by atoms with Gasteiger partial charge in [-0.2, -0.15) is 20.3 Å². The second-order valence-corrected chi connectivity index (χ2v) is 8.58. The van der Waals surface area contributed by atoms with Crippen molar-refractivity contribution in [1.29, 1.82) is 0 Å². The molecule has 0 fully saturated rings. The molecule has 0 aliphatic carbocycles. The third kappa shape index (κ3) is 4.01. The van der Waals surface area contributed by atoms with Gasteiger partial charge in [-0.05, 0) is 43.7 Å². The fourth-order valence-corrected chi connectivity index (χ4v) is 3.99. The number of rotatable bonds is 4. The predicted molar refractivity (Wildman–Crippen MR) is 120 cm³/mol. The van der Waals surface area contributed by atoms with Crippen molar-refractivity contribution in [1.82, 2.24) is 4.98 Å². The molecule has 0 N–H and O–H groups in total. The van der Waals surface area contributed by atoms with Crippen molar-refractivity contribution in [3.05, 3.63) is 62.9 Å². The molecule has 6 nitrogen and oxygen atoms in total. The van der Waals surface area contributed by atoms with Gasteiger partial charge in [0.15, 0.2) is 6.04 Å². The van der Waals surface area contributed by atoms with Crippen LogP contribution >= 0.6 is 38.9 Å². The zero-order chi connectivity index (χ0) is 20.5. The first-order chi connectivity index (χ1) is 13.9. The lowest BCUT2D eigenvalue weighted by atomic mass is 10.2. The van der Waals surface area contributed by atoms with E-state index >= 15 is 0 Å². The van der Waals surface area contributed by atoms with Gasteiger partial charge in [0.1, 0.15) is 0 Å². The number of aromatic nitrogens is 1. The summed E-state index contributed by atoms with van der Waals surface area (Å²) in [5.74, 6) is -0.275. The molecule has 1 amide bonds. The Kier molecular flexibility index (Phi) is 5.58. The molecule has 0 saturated carbocycles. The van der Waals surface area contributed by atoms with Gasteiger partial charge in [0.25, 0.3) is 5.91 Å². The molecule has 0 saturated heterocycles. The summed E-state index contributed by atoms with van der Waals surface area (Å²) in [4.78, 5) is 17.4. The number of hydrogen-bond donors (Lipinski definition) is 0. The maximum atomic E-state index is 12.9. The number of nitrogens with zero attached hydrogens (tertiary/aromatic N) is 5. The Morgan fingerprint density at radius 2 is 1.93 bits per heavy atom. The zero-order valence-corrected chi connectivity index (χ0v) is 18.7.